The summed E-state index contributed by atoms with van der Waals surface area (Å²) < 4.78 is 0. The highest BCUT2D eigenvalue weighted by Gasteiger charge is 2.60. The Morgan fingerprint density at radius 2 is 1.79 bits per heavy atom. The lowest BCUT2D eigenvalue weighted by molar-refractivity contribution is -0.121. The molecular weight excluding hydrogens is 230 g/mol. The van der Waals surface area contributed by atoms with Crippen molar-refractivity contribution in [1.82, 2.24) is 5.32 Å². The molecular formula is C18H31N. The smallest absolute Gasteiger partial charge is 0.0152 e. The van der Waals surface area contributed by atoms with Crippen molar-refractivity contribution in [1.29, 1.82) is 0 Å². The normalized spacial score (nSPS) is 49.6. The minimum absolute atomic E-state index is 0.704. The van der Waals surface area contributed by atoms with Crippen LogP contribution < -0.4 is 5.32 Å². The van der Waals surface area contributed by atoms with Crippen LogP contribution in [0.25, 0.3) is 0 Å². The Balaban J connectivity index is 1.60. The van der Waals surface area contributed by atoms with Crippen molar-refractivity contribution in [2.45, 2.75) is 77.7 Å². The molecule has 108 valence electrons. The highest BCUT2D eigenvalue weighted by atomic mass is 15.0. The van der Waals surface area contributed by atoms with E-state index >= 15 is 0 Å². The van der Waals surface area contributed by atoms with Crippen LogP contribution in [0.3, 0.4) is 0 Å². The van der Waals surface area contributed by atoms with Crippen LogP contribution in [-0.2, 0) is 0 Å². The van der Waals surface area contributed by atoms with E-state index in [1.54, 1.807) is 38.5 Å². The molecule has 0 saturated heterocycles. The molecule has 3 atom stereocenters. The molecule has 5 rings (SSSR count). The van der Waals surface area contributed by atoms with Crippen LogP contribution in [0, 0.1) is 28.6 Å². The van der Waals surface area contributed by atoms with Crippen molar-refractivity contribution in [3.63, 3.8) is 0 Å². The first-order valence-electron chi connectivity index (χ1n) is 8.86. The molecule has 19 heavy (non-hydrogen) atoms. The molecule has 4 bridgehead atoms. The predicted molar refractivity (Wildman–Crippen MR) is 80.0 cm³/mol. The molecule has 5 saturated carbocycles. The van der Waals surface area contributed by atoms with Crippen molar-refractivity contribution in [2.24, 2.45) is 28.6 Å². The quantitative estimate of drug-likeness (QED) is 0.775. The van der Waals surface area contributed by atoms with Crippen LogP contribution in [0.4, 0.5) is 0 Å². The molecule has 0 amide bonds. The fourth-order valence-electron chi connectivity index (χ4n) is 6.77. The van der Waals surface area contributed by atoms with E-state index in [-0.39, 0.29) is 0 Å². The predicted octanol–water partition coefficient (Wildman–Crippen LogP) is 4.37. The molecule has 0 radical (unpaired) electrons. The van der Waals surface area contributed by atoms with E-state index in [0.29, 0.717) is 10.8 Å². The summed E-state index contributed by atoms with van der Waals surface area (Å²) >= 11 is 0. The summed E-state index contributed by atoms with van der Waals surface area (Å²) in [6.45, 7) is 6.18. The molecule has 0 aromatic carbocycles. The highest BCUT2D eigenvalue weighted by molar-refractivity contribution is 5.12. The highest BCUT2D eigenvalue weighted by Crippen LogP contribution is 2.67. The van der Waals surface area contributed by atoms with Crippen molar-refractivity contribution in [3.05, 3.63) is 0 Å². The molecule has 3 unspecified atom stereocenters. The average Bonchev–Trinajstić information content (AvgIpc) is 3.10. The molecule has 0 aromatic heterocycles. The van der Waals surface area contributed by atoms with Crippen molar-refractivity contribution in [2.75, 3.05) is 6.54 Å². The molecule has 1 heteroatoms. The van der Waals surface area contributed by atoms with Crippen LogP contribution in [0.1, 0.15) is 71.6 Å². The molecule has 5 fully saturated rings. The maximum atomic E-state index is 4.01. The van der Waals surface area contributed by atoms with Gasteiger partial charge in [0.25, 0.3) is 0 Å². The van der Waals surface area contributed by atoms with E-state index in [1.165, 1.54) is 25.8 Å². The van der Waals surface area contributed by atoms with Crippen LogP contribution in [0.2, 0.25) is 0 Å². The fourth-order valence-corrected chi connectivity index (χ4v) is 6.77. The van der Waals surface area contributed by atoms with Gasteiger partial charge >= 0.3 is 0 Å². The molecule has 1 nitrogen and oxygen atoms in total. The van der Waals surface area contributed by atoms with E-state index in [0.717, 1.165) is 23.8 Å². The van der Waals surface area contributed by atoms with Gasteiger partial charge in [-0.25, -0.2) is 0 Å². The number of hydrogen-bond acceptors (Lipinski definition) is 1. The third-order valence-electron chi connectivity index (χ3n) is 6.77. The van der Waals surface area contributed by atoms with Gasteiger partial charge in [0.1, 0.15) is 0 Å². The monoisotopic (exact) mass is 261 g/mol. The number of rotatable bonds is 5. The second-order valence-electron chi connectivity index (χ2n) is 8.90. The van der Waals surface area contributed by atoms with Crippen molar-refractivity contribution >= 4 is 0 Å². The van der Waals surface area contributed by atoms with Crippen molar-refractivity contribution in [3.8, 4) is 0 Å². The second kappa shape index (κ2) is 4.23. The first kappa shape index (κ1) is 12.7. The largest absolute Gasteiger partial charge is 0.313 e. The van der Waals surface area contributed by atoms with Gasteiger partial charge < -0.3 is 5.32 Å². The maximum Gasteiger partial charge on any atom is 0.0152 e. The van der Waals surface area contributed by atoms with Crippen LogP contribution in [0.5, 0.6) is 0 Å². The van der Waals surface area contributed by atoms with Crippen molar-refractivity contribution < 1.29 is 0 Å². The molecule has 0 spiro atoms. The summed E-state index contributed by atoms with van der Waals surface area (Å²) in [6.07, 6.45) is 13.7. The van der Waals surface area contributed by atoms with Crippen LogP contribution in [0.15, 0.2) is 0 Å². The number of nitrogens with one attached hydrogen (secondary N) is 1. The Morgan fingerprint density at radius 1 is 1.11 bits per heavy atom. The lowest BCUT2D eigenvalue weighted by Gasteiger charge is -2.64. The second-order valence-corrected chi connectivity index (χ2v) is 8.90. The Morgan fingerprint density at radius 3 is 2.32 bits per heavy atom. The van der Waals surface area contributed by atoms with Gasteiger partial charge in [-0.3, -0.25) is 0 Å². The number of hydrogen-bond donors (Lipinski definition) is 1. The molecule has 0 heterocycles. The first-order chi connectivity index (χ1) is 9.12. The first-order valence-corrected chi connectivity index (χ1v) is 8.86. The van der Waals surface area contributed by atoms with Crippen LogP contribution >= 0.6 is 0 Å². The van der Waals surface area contributed by atoms with Gasteiger partial charge in [0.05, 0.1) is 0 Å². The Labute approximate surface area is 118 Å². The summed E-state index contributed by atoms with van der Waals surface area (Å²) in [7, 11) is 0. The van der Waals surface area contributed by atoms with Gasteiger partial charge in [0, 0.05) is 6.04 Å². The third-order valence-corrected chi connectivity index (χ3v) is 6.77. The van der Waals surface area contributed by atoms with Gasteiger partial charge in [0.15, 0.2) is 0 Å². The Bertz CT molecular complexity index is 343. The lowest BCUT2D eigenvalue weighted by atomic mass is 9.43. The van der Waals surface area contributed by atoms with E-state index in [2.05, 4.69) is 19.2 Å². The third kappa shape index (κ3) is 2.07. The van der Waals surface area contributed by atoms with Gasteiger partial charge in [0.2, 0.25) is 0 Å². The topological polar surface area (TPSA) is 12.0 Å². The molecule has 0 aromatic rings. The summed E-state index contributed by atoms with van der Waals surface area (Å²) in [4.78, 5) is 0. The minimum Gasteiger partial charge on any atom is -0.313 e. The SMILES string of the molecule is CCCNC(C1CC1)C12CC3CC(CC(C)(C3)C1)C2. The molecule has 1 N–H and O–H groups in total. The van der Waals surface area contributed by atoms with E-state index in [4.69, 9.17) is 0 Å². The fraction of sp³-hybridized carbons (Fsp3) is 1.00. The van der Waals surface area contributed by atoms with Gasteiger partial charge in [-0.2, -0.15) is 0 Å². The van der Waals surface area contributed by atoms with E-state index in [1.807, 2.05) is 0 Å². The molecule has 5 aliphatic rings. The zero-order chi connectivity index (χ0) is 13.1. The minimum atomic E-state index is 0.704. The van der Waals surface area contributed by atoms with E-state index < -0.39 is 0 Å². The summed E-state index contributed by atoms with van der Waals surface area (Å²) in [5, 5.41) is 4.01. The zero-order valence-corrected chi connectivity index (χ0v) is 12.9. The van der Waals surface area contributed by atoms with Gasteiger partial charge in [-0.1, -0.05) is 13.8 Å². The average molecular weight is 261 g/mol. The Kier molecular flexibility index (Phi) is 2.82. The van der Waals surface area contributed by atoms with Gasteiger partial charge in [-0.15, -0.1) is 0 Å². The van der Waals surface area contributed by atoms with Gasteiger partial charge in [-0.05, 0) is 92.9 Å². The summed E-state index contributed by atoms with van der Waals surface area (Å²) in [5.41, 5.74) is 1.42. The van der Waals surface area contributed by atoms with Crippen LogP contribution in [-0.4, -0.2) is 12.6 Å². The Hall–Kier alpha value is -0.0400. The summed E-state index contributed by atoms with van der Waals surface area (Å²) in [5.74, 6) is 3.19. The van der Waals surface area contributed by atoms with E-state index in [9.17, 15) is 0 Å². The summed E-state index contributed by atoms with van der Waals surface area (Å²) in [6, 6.07) is 0.873. The maximum absolute atomic E-state index is 4.01. The lowest BCUT2D eigenvalue weighted by Crippen LogP contribution is -2.59. The molecule has 5 aliphatic carbocycles. The zero-order valence-electron chi connectivity index (χ0n) is 12.9. The molecule has 0 aliphatic heterocycles. The standard InChI is InChI=1S/C18H31N/c1-3-6-19-16(15-4-5-15)18-10-13-7-14(11-18)9-17(2,8-13)12-18/h13-16,19H,3-12H2,1-2H3.